The zero-order valence-corrected chi connectivity index (χ0v) is 13.8. The Labute approximate surface area is 123 Å². The van der Waals surface area contributed by atoms with Crippen LogP contribution in [0.25, 0.3) is 0 Å². The van der Waals surface area contributed by atoms with Crippen molar-refractivity contribution in [1.29, 1.82) is 0 Å². The fourth-order valence-corrected chi connectivity index (χ4v) is 3.71. The lowest BCUT2D eigenvalue weighted by molar-refractivity contribution is 0.417. The lowest BCUT2D eigenvalue weighted by Crippen LogP contribution is -2.43. The third-order valence-electron chi connectivity index (χ3n) is 3.39. The molecule has 0 bridgehead atoms. The molecule has 5 heteroatoms. The van der Waals surface area contributed by atoms with Crippen molar-refractivity contribution in [2.45, 2.75) is 57.0 Å². The van der Waals surface area contributed by atoms with Gasteiger partial charge in [0.25, 0.3) is 0 Å². The summed E-state index contributed by atoms with van der Waals surface area (Å²) in [4.78, 5) is 0.321. The normalized spacial score (nSPS) is 14.2. The molecule has 1 unspecified atom stereocenters. The molecular formula is C15H26N2O2S. The molecule has 0 saturated heterocycles. The molecule has 0 heterocycles. The average Bonchev–Trinajstić information content (AvgIpc) is 2.36. The maximum Gasteiger partial charge on any atom is 0.241 e. The SMILES string of the molecule is CCCC(C)(C)NS(=O)(=O)c1cccc(C(C)NC)c1. The lowest BCUT2D eigenvalue weighted by Gasteiger charge is -2.25. The number of sulfonamides is 1. The van der Waals surface area contributed by atoms with E-state index in [1.165, 1.54) is 0 Å². The molecule has 0 aromatic heterocycles. The predicted molar refractivity (Wildman–Crippen MR) is 83.2 cm³/mol. The van der Waals surface area contributed by atoms with Crippen molar-refractivity contribution in [2.75, 3.05) is 7.05 Å². The summed E-state index contributed by atoms with van der Waals surface area (Å²) >= 11 is 0. The van der Waals surface area contributed by atoms with Gasteiger partial charge in [-0.3, -0.25) is 0 Å². The monoisotopic (exact) mass is 298 g/mol. The lowest BCUT2D eigenvalue weighted by atomic mass is 10.0. The van der Waals surface area contributed by atoms with Crippen LogP contribution in [0, 0.1) is 0 Å². The van der Waals surface area contributed by atoms with E-state index in [4.69, 9.17) is 0 Å². The minimum atomic E-state index is -3.48. The Balaban J connectivity index is 3.04. The molecule has 114 valence electrons. The third-order valence-corrected chi connectivity index (χ3v) is 5.08. The molecule has 0 fully saturated rings. The van der Waals surface area contributed by atoms with E-state index in [1.54, 1.807) is 18.2 Å². The third kappa shape index (κ3) is 4.58. The van der Waals surface area contributed by atoms with Gasteiger partial charge < -0.3 is 5.32 Å². The van der Waals surface area contributed by atoms with Crippen molar-refractivity contribution < 1.29 is 8.42 Å². The second kappa shape index (κ2) is 6.70. The number of hydrogen-bond acceptors (Lipinski definition) is 3. The van der Waals surface area contributed by atoms with E-state index in [0.29, 0.717) is 4.90 Å². The van der Waals surface area contributed by atoms with Gasteiger partial charge in [-0.05, 0) is 51.9 Å². The Hall–Kier alpha value is -0.910. The van der Waals surface area contributed by atoms with E-state index >= 15 is 0 Å². The second-order valence-electron chi connectivity index (χ2n) is 5.82. The summed E-state index contributed by atoms with van der Waals surface area (Å²) < 4.78 is 27.7. The maximum absolute atomic E-state index is 12.5. The molecule has 1 atom stereocenters. The first-order chi connectivity index (χ1) is 9.22. The molecule has 1 aromatic rings. The molecule has 0 aliphatic heterocycles. The van der Waals surface area contributed by atoms with Gasteiger partial charge in [0, 0.05) is 11.6 Å². The van der Waals surface area contributed by atoms with Crippen molar-refractivity contribution in [3.8, 4) is 0 Å². The summed E-state index contributed by atoms with van der Waals surface area (Å²) in [6.45, 7) is 7.87. The van der Waals surface area contributed by atoms with Crippen LogP contribution in [0.3, 0.4) is 0 Å². The first kappa shape index (κ1) is 17.1. The standard InChI is InChI=1S/C15H26N2O2S/c1-6-10-15(3,4)17-20(18,19)14-9-7-8-13(11-14)12(2)16-5/h7-9,11-12,16-17H,6,10H2,1-5H3. The van der Waals surface area contributed by atoms with Crippen LogP contribution in [0.5, 0.6) is 0 Å². The summed E-state index contributed by atoms with van der Waals surface area (Å²) in [7, 11) is -1.63. The van der Waals surface area contributed by atoms with Gasteiger partial charge in [0.1, 0.15) is 0 Å². The Morgan fingerprint density at radius 3 is 2.50 bits per heavy atom. The van der Waals surface area contributed by atoms with Crippen LogP contribution in [-0.4, -0.2) is 21.0 Å². The summed E-state index contributed by atoms with van der Waals surface area (Å²) in [5.74, 6) is 0. The van der Waals surface area contributed by atoms with Crippen LogP contribution in [0.1, 0.15) is 52.1 Å². The van der Waals surface area contributed by atoms with E-state index in [9.17, 15) is 8.42 Å². The number of hydrogen-bond donors (Lipinski definition) is 2. The van der Waals surface area contributed by atoms with Gasteiger partial charge in [0.15, 0.2) is 0 Å². The summed E-state index contributed by atoms with van der Waals surface area (Å²) in [6, 6.07) is 7.19. The molecule has 2 N–H and O–H groups in total. The molecule has 0 aliphatic carbocycles. The van der Waals surface area contributed by atoms with Crippen LogP contribution in [0.15, 0.2) is 29.2 Å². The summed E-state index contributed by atoms with van der Waals surface area (Å²) in [5, 5.41) is 3.11. The molecule has 1 rings (SSSR count). The Morgan fingerprint density at radius 1 is 1.30 bits per heavy atom. The zero-order chi connectivity index (χ0) is 15.4. The number of rotatable bonds is 7. The quantitative estimate of drug-likeness (QED) is 0.814. The van der Waals surface area contributed by atoms with Crippen LogP contribution >= 0.6 is 0 Å². The number of nitrogens with one attached hydrogen (secondary N) is 2. The average molecular weight is 298 g/mol. The largest absolute Gasteiger partial charge is 0.313 e. The first-order valence-corrected chi connectivity index (χ1v) is 8.51. The van der Waals surface area contributed by atoms with Crippen molar-refractivity contribution >= 4 is 10.0 Å². The van der Waals surface area contributed by atoms with Gasteiger partial charge in [-0.15, -0.1) is 0 Å². The minimum absolute atomic E-state index is 0.119. The second-order valence-corrected chi connectivity index (χ2v) is 7.50. The van der Waals surface area contributed by atoms with Crippen molar-refractivity contribution in [2.24, 2.45) is 0 Å². The van der Waals surface area contributed by atoms with E-state index < -0.39 is 15.6 Å². The van der Waals surface area contributed by atoms with Gasteiger partial charge >= 0.3 is 0 Å². The molecule has 0 radical (unpaired) electrons. The summed E-state index contributed by atoms with van der Waals surface area (Å²) in [5.41, 5.74) is 0.529. The molecule has 0 spiro atoms. The van der Waals surface area contributed by atoms with E-state index in [0.717, 1.165) is 18.4 Å². The van der Waals surface area contributed by atoms with Gasteiger partial charge in [-0.1, -0.05) is 25.5 Å². The van der Waals surface area contributed by atoms with Gasteiger partial charge in [-0.25, -0.2) is 13.1 Å². The highest BCUT2D eigenvalue weighted by Crippen LogP contribution is 2.20. The van der Waals surface area contributed by atoms with Crippen LogP contribution in [-0.2, 0) is 10.0 Å². The van der Waals surface area contributed by atoms with Crippen LogP contribution in [0.4, 0.5) is 0 Å². The van der Waals surface area contributed by atoms with Gasteiger partial charge in [-0.2, -0.15) is 0 Å². The predicted octanol–water partition coefficient (Wildman–Crippen LogP) is 2.82. The minimum Gasteiger partial charge on any atom is -0.313 e. The smallest absolute Gasteiger partial charge is 0.241 e. The van der Waals surface area contributed by atoms with Crippen LogP contribution in [0.2, 0.25) is 0 Å². The van der Waals surface area contributed by atoms with Crippen molar-refractivity contribution in [3.63, 3.8) is 0 Å². The maximum atomic E-state index is 12.5. The van der Waals surface area contributed by atoms with Gasteiger partial charge in [0.05, 0.1) is 4.90 Å². The highest BCUT2D eigenvalue weighted by molar-refractivity contribution is 7.89. The summed E-state index contributed by atoms with van der Waals surface area (Å²) in [6.07, 6.45) is 1.74. The molecule has 0 aliphatic rings. The zero-order valence-electron chi connectivity index (χ0n) is 13.0. The van der Waals surface area contributed by atoms with E-state index in [1.807, 2.05) is 40.8 Å². The topological polar surface area (TPSA) is 58.2 Å². The number of benzene rings is 1. The fraction of sp³-hybridized carbons (Fsp3) is 0.600. The van der Waals surface area contributed by atoms with Crippen LogP contribution < -0.4 is 10.0 Å². The Bertz CT molecular complexity index is 539. The highest BCUT2D eigenvalue weighted by Gasteiger charge is 2.25. The molecule has 0 saturated carbocycles. The first-order valence-electron chi connectivity index (χ1n) is 7.03. The van der Waals surface area contributed by atoms with Crippen molar-refractivity contribution in [1.82, 2.24) is 10.0 Å². The van der Waals surface area contributed by atoms with E-state index in [-0.39, 0.29) is 6.04 Å². The molecule has 4 nitrogen and oxygen atoms in total. The molecule has 20 heavy (non-hydrogen) atoms. The molecular weight excluding hydrogens is 272 g/mol. The van der Waals surface area contributed by atoms with E-state index in [2.05, 4.69) is 10.0 Å². The Morgan fingerprint density at radius 2 is 1.95 bits per heavy atom. The molecule has 1 aromatic carbocycles. The molecule has 0 amide bonds. The highest BCUT2D eigenvalue weighted by atomic mass is 32.2. The Kier molecular flexibility index (Phi) is 5.74. The van der Waals surface area contributed by atoms with Crippen molar-refractivity contribution in [3.05, 3.63) is 29.8 Å². The fourth-order valence-electron chi connectivity index (χ4n) is 2.22. The van der Waals surface area contributed by atoms with Gasteiger partial charge in [0.2, 0.25) is 10.0 Å².